The average molecular weight is 352 g/mol. The largest absolute Gasteiger partial charge is 0.439 e. The fourth-order valence-corrected chi connectivity index (χ4v) is 3.62. The lowest BCUT2D eigenvalue weighted by atomic mass is 9.93. The van der Waals surface area contributed by atoms with E-state index in [1.807, 2.05) is 24.3 Å². The Morgan fingerprint density at radius 3 is 2.88 bits per heavy atom. The number of likely N-dealkylation sites (tertiary alicyclic amines) is 1. The van der Waals surface area contributed by atoms with Crippen LogP contribution in [0.1, 0.15) is 18.4 Å². The molecule has 2 saturated heterocycles. The molecule has 7 heteroatoms. The van der Waals surface area contributed by atoms with Gasteiger partial charge < -0.3 is 19.9 Å². The molecule has 130 valence electrons. The van der Waals surface area contributed by atoms with Crippen molar-refractivity contribution in [1.29, 1.82) is 0 Å². The molecular formula is C17H22ClN3O3. The van der Waals surface area contributed by atoms with Crippen LogP contribution in [0, 0.1) is 0 Å². The van der Waals surface area contributed by atoms with Gasteiger partial charge in [0.05, 0.1) is 13.1 Å². The van der Waals surface area contributed by atoms with Crippen LogP contribution in [-0.4, -0.2) is 60.8 Å². The molecule has 24 heavy (non-hydrogen) atoms. The molecule has 1 N–H and O–H groups in total. The highest BCUT2D eigenvalue weighted by molar-refractivity contribution is 6.31. The summed E-state index contributed by atoms with van der Waals surface area (Å²) in [4.78, 5) is 27.4. The van der Waals surface area contributed by atoms with Crippen molar-refractivity contribution >= 4 is 23.7 Å². The molecule has 1 aromatic rings. The van der Waals surface area contributed by atoms with Gasteiger partial charge in [-0.15, -0.1) is 0 Å². The molecule has 0 radical (unpaired) electrons. The second kappa shape index (κ2) is 6.89. The van der Waals surface area contributed by atoms with E-state index in [0.717, 1.165) is 18.4 Å². The summed E-state index contributed by atoms with van der Waals surface area (Å²) >= 11 is 6.12. The Morgan fingerprint density at radius 2 is 2.17 bits per heavy atom. The number of hydrogen-bond acceptors (Lipinski definition) is 3. The maximum Gasteiger partial charge on any atom is 0.410 e. The molecule has 2 aliphatic heterocycles. The van der Waals surface area contributed by atoms with Crippen LogP contribution >= 0.6 is 11.6 Å². The second-order valence-corrected chi connectivity index (χ2v) is 6.91. The highest BCUT2D eigenvalue weighted by Crippen LogP contribution is 2.31. The quantitative estimate of drug-likeness (QED) is 0.910. The molecule has 2 fully saturated rings. The van der Waals surface area contributed by atoms with Crippen molar-refractivity contribution in [3.05, 3.63) is 34.9 Å². The number of rotatable bonds is 3. The first kappa shape index (κ1) is 16.9. The van der Waals surface area contributed by atoms with E-state index in [9.17, 15) is 9.59 Å². The van der Waals surface area contributed by atoms with Crippen LogP contribution in [0.25, 0.3) is 0 Å². The summed E-state index contributed by atoms with van der Waals surface area (Å²) in [6.07, 6.45) is 2.00. The van der Waals surface area contributed by atoms with Crippen molar-refractivity contribution in [2.24, 2.45) is 0 Å². The number of hydrogen-bond donors (Lipinski definition) is 1. The Kier molecular flexibility index (Phi) is 4.85. The molecule has 1 aromatic carbocycles. The third-order valence-electron chi connectivity index (χ3n) is 4.60. The van der Waals surface area contributed by atoms with Crippen LogP contribution in [0.4, 0.5) is 9.59 Å². The lowest BCUT2D eigenvalue weighted by Gasteiger charge is -2.38. The first-order valence-corrected chi connectivity index (χ1v) is 8.57. The molecule has 6 nitrogen and oxygen atoms in total. The predicted octanol–water partition coefficient (Wildman–Crippen LogP) is 2.51. The van der Waals surface area contributed by atoms with Crippen LogP contribution < -0.4 is 5.32 Å². The van der Waals surface area contributed by atoms with Crippen molar-refractivity contribution < 1.29 is 14.3 Å². The maximum absolute atomic E-state index is 12.4. The zero-order chi connectivity index (χ0) is 17.2. The van der Waals surface area contributed by atoms with Crippen LogP contribution in [-0.2, 0) is 11.2 Å². The topological polar surface area (TPSA) is 61.9 Å². The fraction of sp³-hybridized carbons (Fsp3) is 0.529. The Hall–Kier alpha value is -1.95. The minimum absolute atomic E-state index is 0.119. The van der Waals surface area contributed by atoms with E-state index < -0.39 is 5.60 Å². The van der Waals surface area contributed by atoms with Gasteiger partial charge in [0.1, 0.15) is 5.60 Å². The van der Waals surface area contributed by atoms with Gasteiger partial charge >= 0.3 is 12.1 Å². The summed E-state index contributed by atoms with van der Waals surface area (Å²) in [5.74, 6) is 0. The molecule has 0 aromatic heterocycles. The summed E-state index contributed by atoms with van der Waals surface area (Å²) in [7, 11) is 1.72. The van der Waals surface area contributed by atoms with Crippen LogP contribution in [0.5, 0.6) is 0 Å². The van der Waals surface area contributed by atoms with Crippen molar-refractivity contribution in [3.63, 3.8) is 0 Å². The van der Waals surface area contributed by atoms with Gasteiger partial charge in [-0.2, -0.15) is 0 Å². The molecule has 0 bridgehead atoms. The highest BCUT2D eigenvalue weighted by Gasteiger charge is 2.47. The zero-order valence-corrected chi connectivity index (χ0v) is 14.5. The Bertz CT molecular complexity index is 639. The van der Waals surface area contributed by atoms with Crippen LogP contribution in [0.15, 0.2) is 24.3 Å². The average Bonchev–Trinajstić information content (AvgIpc) is 2.82. The number of urea groups is 1. The number of carbonyl (C=O) groups excluding carboxylic acids is 2. The second-order valence-electron chi connectivity index (χ2n) is 6.51. The predicted molar refractivity (Wildman–Crippen MR) is 91.2 cm³/mol. The standard InChI is InChI=1S/C17H22ClN3O3/c1-20-11-17(24-16(20)23)8-4-10-21(12-17)15(22)19-9-7-13-5-2-3-6-14(13)18/h2-3,5-6H,4,7-12H2,1H3,(H,19,22)/t17-/m0/s1. The van der Waals surface area contributed by atoms with Gasteiger partial charge in [-0.05, 0) is 30.9 Å². The van der Waals surface area contributed by atoms with E-state index >= 15 is 0 Å². The van der Waals surface area contributed by atoms with Crippen LogP contribution in [0.2, 0.25) is 5.02 Å². The lowest BCUT2D eigenvalue weighted by molar-refractivity contribution is 0.00325. The molecule has 2 aliphatic rings. The monoisotopic (exact) mass is 351 g/mol. The Morgan fingerprint density at radius 1 is 1.38 bits per heavy atom. The molecule has 1 spiro atoms. The normalized spacial score (nSPS) is 23.5. The van der Waals surface area contributed by atoms with Gasteiger partial charge in [0.15, 0.2) is 0 Å². The molecule has 0 saturated carbocycles. The maximum atomic E-state index is 12.4. The van der Waals surface area contributed by atoms with Crippen molar-refractivity contribution in [3.8, 4) is 0 Å². The molecule has 0 aliphatic carbocycles. The molecule has 2 heterocycles. The lowest BCUT2D eigenvalue weighted by Crippen LogP contribution is -2.54. The van der Waals surface area contributed by atoms with E-state index in [-0.39, 0.29) is 12.1 Å². The summed E-state index contributed by atoms with van der Waals surface area (Å²) in [6.45, 7) is 2.18. The number of nitrogens with zero attached hydrogens (tertiary/aromatic N) is 2. The number of ether oxygens (including phenoxy) is 1. The van der Waals surface area contributed by atoms with Gasteiger partial charge in [-0.3, -0.25) is 0 Å². The Labute approximate surface area is 146 Å². The third-order valence-corrected chi connectivity index (χ3v) is 4.96. The first-order valence-electron chi connectivity index (χ1n) is 8.19. The van der Waals surface area contributed by atoms with E-state index in [4.69, 9.17) is 16.3 Å². The number of carbonyl (C=O) groups is 2. The smallest absolute Gasteiger partial charge is 0.410 e. The summed E-state index contributed by atoms with van der Waals surface area (Å²) < 4.78 is 5.52. The molecule has 0 unspecified atom stereocenters. The third kappa shape index (κ3) is 3.59. The summed E-state index contributed by atoms with van der Waals surface area (Å²) in [6, 6.07) is 7.50. The van der Waals surface area contributed by atoms with Gasteiger partial charge in [-0.25, -0.2) is 9.59 Å². The van der Waals surface area contributed by atoms with Crippen molar-refractivity contribution in [1.82, 2.24) is 15.1 Å². The minimum atomic E-state index is -0.551. The molecule has 1 atom stereocenters. The number of amides is 3. The van der Waals surface area contributed by atoms with Crippen molar-refractivity contribution in [2.45, 2.75) is 24.9 Å². The number of piperidine rings is 1. The SMILES string of the molecule is CN1C[C@]2(CCCN(C(=O)NCCc3ccccc3Cl)C2)OC1=O. The number of nitrogens with one attached hydrogen (secondary N) is 1. The first-order chi connectivity index (χ1) is 11.5. The van der Waals surface area contributed by atoms with E-state index in [0.29, 0.717) is 37.6 Å². The summed E-state index contributed by atoms with van der Waals surface area (Å²) in [5.41, 5.74) is 0.463. The van der Waals surface area contributed by atoms with Gasteiger partial charge in [0, 0.05) is 25.2 Å². The summed E-state index contributed by atoms with van der Waals surface area (Å²) in [5, 5.41) is 3.64. The van der Waals surface area contributed by atoms with Gasteiger partial charge in [-0.1, -0.05) is 29.8 Å². The van der Waals surface area contributed by atoms with Crippen molar-refractivity contribution in [2.75, 3.05) is 33.2 Å². The van der Waals surface area contributed by atoms with E-state index in [2.05, 4.69) is 5.32 Å². The van der Waals surface area contributed by atoms with Gasteiger partial charge in [0.2, 0.25) is 0 Å². The molecular weight excluding hydrogens is 330 g/mol. The highest BCUT2D eigenvalue weighted by atomic mass is 35.5. The van der Waals surface area contributed by atoms with E-state index in [1.165, 1.54) is 0 Å². The van der Waals surface area contributed by atoms with Crippen LogP contribution in [0.3, 0.4) is 0 Å². The molecule has 3 rings (SSSR count). The van der Waals surface area contributed by atoms with Gasteiger partial charge in [0.25, 0.3) is 0 Å². The molecule has 3 amide bonds. The number of halogens is 1. The minimum Gasteiger partial charge on any atom is -0.439 e. The number of benzene rings is 1. The zero-order valence-electron chi connectivity index (χ0n) is 13.8. The fourth-order valence-electron chi connectivity index (χ4n) is 3.39. The number of likely N-dealkylation sites (N-methyl/N-ethyl adjacent to an activating group) is 1. The Balaban J connectivity index is 1.52. The van der Waals surface area contributed by atoms with E-state index in [1.54, 1.807) is 16.8 Å².